The predicted molar refractivity (Wildman–Crippen MR) is 91.2 cm³/mol. The fourth-order valence-electron chi connectivity index (χ4n) is 2.05. The van der Waals surface area contributed by atoms with E-state index in [0.717, 1.165) is 12.8 Å². The van der Waals surface area contributed by atoms with Crippen LogP contribution in [0.25, 0.3) is 0 Å². The van der Waals surface area contributed by atoms with Gasteiger partial charge in [-0.3, -0.25) is 0 Å². The van der Waals surface area contributed by atoms with Gasteiger partial charge in [-0.2, -0.15) is 0 Å². The third-order valence-corrected chi connectivity index (χ3v) is 3.44. The summed E-state index contributed by atoms with van der Waals surface area (Å²) in [6.45, 7) is 2.71. The monoisotopic (exact) mass is 344 g/mol. The van der Waals surface area contributed by atoms with Crippen molar-refractivity contribution < 1.29 is 28.9 Å². The number of ether oxygens (including phenoxy) is 3. The largest absolute Gasteiger partial charge is 0.507 e. The fourth-order valence-corrected chi connectivity index (χ4v) is 2.05. The summed E-state index contributed by atoms with van der Waals surface area (Å²) in [7, 11) is 1.21. The van der Waals surface area contributed by atoms with Gasteiger partial charge in [0.15, 0.2) is 0 Å². The van der Waals surface area contributed by atoms with Crippen molar-refractivity contribution in [1.29, 1.82) is 0 Å². The summed E-state index contributed by atoms with van der Waals surface area (Å²) >= 11 is 0. The van der Waals surface area contributed by atoms with Gasteiger partial charge in [0.1, 0.15) is 22.8 Å². The quantitative estimate of drug-likeness (QED) is 0.470. The lowest BCUT2D eigenvalue weighted by Crippen LogP contribution is -2.09. The minimum atomic E-state index is -0.672. The second-order valence-electron chi connectivity index (χ2n) is 5.29. The standard InChI is InChI=1S/C19H20O6/c1-3-4-11-24-14-7-5-13(6-8-14)18(21)25-15-9-10-16(17(20)12-15)19(22)23-2/h5-10,12,20H,3-4,11H2,1-2H3. The zero-order valence-electron chi connectivity index (χ0n) is 14.2. The van der Waals surface area contributed by atoms with Gasteiger partial charge in [0.25, 0.3) is 0 Å². The van der Waals surface area contributed by atoms with Gasteiger partial charge >= 0.3 is 11.9 Å². The van der Waals surface area contributed by atoms with Crippen LogP contribution in [0.1, 0.15) is 40.5 Å². The lowest BCUT2D eigenvalue weighted by atomic mass is 10.2. The van der Waals surface area contributed by atoms with Gasteiger partial charge in [0.2, 0.25) is 0 Å². The van der Waals surface area contributed by atoms with Crippen LogP contribution in [0.5, 0.6) is 17.2 Å². The van der Waals surface area contributed by atoms with Gasteiger partial charge < -0.3 is 19.3 Å². The predicted octanol–water partition coefficient (Wildman–Crippen LogP) is 3.58. The molecule has 0 spiro atoms. The summed E-state index contributed by atoms with van der Waals surface area (Å²) in [4.78, 5) is 23.5. The molecule has 2 aromatic rings. The first-order valence-electron chi connectivity index (χ1n) is 7.91. The van der Waals surface area contributed by atoms with Crippen molar-refractivity contribution in [2.45, 2.75) is 19.8 Å². The van der Waals surface area contributed by atoms with Crippen LogP contribution in [0.2, 0.25) is 0 Å². The molecule has 132 valence electrons. The Hall–Kier alpha value is -3.02. The summed E-state index contributed by atoms with van der Waals surface area (Å²) in [6.07, 6.45) is 2.01. The first-order chi connectivity index (χ1) is 12.0. The van der Waals surface area contributed by atoms with Crippen molar-refractivity contribution in [2.75, 3.05) is 13.7 Å². The second-order valence-corrected chi connectivity index (χ2v) is 5.29. The Morgan fingerprint density at radius 1 is 1.00 bits per heavy atom. The average molecular weight is 344 g/mol. The summed E-state index contributed by atoms with van der Waals surface area (Å²) in [5.41, 5.74) is 0.343. The number of benzene rings is 2. The maximum absolute atomic E-state index is 12.1. The number of esters is 2. The Kier molecular flexibility index (Phi) is 6.39. The fraction of sp³-hybridized carbons (Fsp3) is 0.263. The van der Waals surface area contributed by atoms with Gasteiger partial charge in [0.05, 0.1) is 19.3 Å². The molecule has 0 saturated heterocycles. The van der Waals surface area contributed by atoms with Crippen molar-refractivity contribution >= 4 is 11.9 Å². The van der Waals surface area contributed by atoms with Gasteiger partial charge in [-0.1, -0.05) is 13.3 Å². The van der Waals surface area contributed by atoms with E-state index in [1.807, 2.05) is 0 Å². The van der Waals surface area contributed by atoms with Crippen LogP contribution >= 0.6 is 0 Å². The lowest BCUT2D eigenvalue weighted by Gasteiger charge is -2.08. The number of rotatable bonds is 7. The molecule has 2 aromatic carbocycles. The van der Waals surface area contributed by atoms with Crippen LogP contribution in [-0.2, 0) is 4.74 Å². The van der Waals surface area contributed by atoms with Gasteiger partial charge in [-0.05, 0) is 42.8 Å². The molecule has 0 heterocycles. The number of aromatic hydroxyl groups is 1. The topological polar surface area (TPSA) is 82.1 Å². The van der Waals surface area contributed by atoms with E-state index in [0.29, 0.717) is 17.9 Å². The molecule has 0 aromatic heterocycles. The highest BCUT2D eigenvalue weighted by molar-refractivity contribution is 5.93. The smallest absolute Gasteiger partial charge is 0.343 e. The minimum absolute atomic E-state index is 0.00381. The van der Waals surface area contributed by atoms with Crippen molar-refractivity contribution in [3.8, 4) is 17.2 Å². The average Bonchev–Trinajstić information content (AvgIpc) is 2.62. The van der Waals surface area contributed by atoms with Crippen LogP contribution in [-0.4, -0.2) is 30.8 Å². The van der Waals surface area contributed by atoms with Crippen LogP contribution in [0.15, 0.2) is 42.5 Å². The molecular formula is C19H20O6. The molecule has 0 atom stereocenters. The second kappa shape index (κ2) is 8.73. The number of hydrogen-bond acceptors (Lipinski definition) is 6. The van der Waals surface area contributed by atoms with Crippen molar-refractivity contribution in [1.82, 2.24) is 0 Å². The van der Waals surface area contributed by atoms with Gasteiger partial charge in [0, 0.05) is 6.07 Å². The molecule has 0 unspecified atom stereocenters. The third-order valence-electron chi connectivity index (χ3n) is 3.44. The SMILES string of the molecule is CCCCOc1ccc(C(=O)Oc2ccc(C(=O)OC)c(O)c2)cc1. The molecule has 0 bridgehead atoms. The van der Waals surface area contributed by atoms with Crippen LogP contribution in [0, 0.1) is 0 Å². The van der Waals surface area contributed by atoms with E-state index < -0.39 is 11.9 Å². The van der Waals surface area contributed by atoms with E-state index in [4.69, 9.17) is 9.47 Å². The number of phenols is 1. The highest BCUT2D eigenvalue weighted by Crippen LogP contribution is 2.25. The van der Waals surface area contributed by atoms with Gasteiger partial charge in [-0.25, -0.2) is 9.59 Å². The first kappa shape index (κ1) is 18.3. The van der Waals surface area contributed by atoms with E-state index in [9.17, 15) is 14.7 Å². The molecule has 0 fully saturated rings. The Balaban J connectivity index is 2.02. The van der Waals surface area contributed by atoms with Crippen LogP contribution in [0.3, 0.4) is 0 Å². The molecule has 0 aliphatic rings. The van der Waals surface area contributed by atoms with E-state index in [1.165, 1.54) is 25.3 Å². The summed E-state index contributed by atoms with van der Waals surface area (Å²) in [5, 5.41) is 9.81. The number of methoxy groups -OCH3 is 1. The summed E-state index contributed by atoms with van der Waals surface area (Å²) in [5.74, 6) is -0.764. The van der Waals surface area contributed by atoms with Crippen molar-refractivity contribution in [2.24, 2.45) is 0 Å². The number of carbonyl (C=O) groups excluding carboxylic acids is 2. The van der Waals surface area contributed by atoms with Gasteiger partial charge in [-0.15, -0.1) is 0 Å². The van der Waals surface area contributed by atoms with E-state index in [1.54, 1.807) is 24.3 Å². The van der Waals surface area contributed by atoms with E-state index in [2.05, 4.69) is 11.7 Å². The molecule has 2 rings (SSSR count). The molecule has 25 heavy (non-hydrogen) atoms. The Morgan fingerprint density at radius 3 is 2.28 bits per heavy atom. The Morgan fingerprint density at radius 2 is 1.68 bits per heavy atom. The molecular weight excluding hydrogens is 324 g/mol. The zero-order chi connectivity index (χ0) is 18.2. The highest BCUT2D eigenvalue weighted by atomic mass is 16.5. The van der Waals surface area contributed by atoms with Crippen LogP contribution < -0.4 is 9.47 Å². The molecule has 1 N–H and O–H groups in total. The van der Waals surface area contributed by atoms with E-state index in [-0.39, 0.29) is 17.1 Å². The van der Waals surface area contributed by atoms with Crippen molar-refractivity contribution in [3.05, 3.63) is 53.6 Å². The maximum Gasteiger partial charge on any atom is 0.343 e. The normalized spacial score (nSPS) is 10.2. The molecule has 6 nitrogen and oxygen atoms in total. The molecule has 0 aliphatic carbocycles. The molecule has 6 heteroatoms. The zero-order valence-corrected chi connectivity index (χ0v) is 14.2. The number of phenolic OH excluding ortho intramolecular Hbond substituents is 1. The number of hydrogen-bond donors (Lipinski definition) is 1. The molecule has 0 amide bonds. The first-order valence-corrected chi connectivity index (χ1v) is 7.91. The summed E-state index contributed by atoms with van der Waals surface area (Å²) < 4.78 is 15.3. The van der Waals surface area contributed by atoms with E-state index >= 15 is 0 Å². The Bertz CT molecular complexity index is 736. The summed E-state index contributed by atoms with van der Waals surface area (Å²) in [6, 6.07) is 10.5. The molecule has 0 saturated carbocycles. The van der Waals surface area contributed by atoms with Crippen molar-refractivity contribution in [3.63, 3.8) is 0 Å². The van der Waals surface area contributed by atoms with Crippen LogP contribution in [0.4, 0.5) is 0 Å². The molecule has 0 aliphatic heterocycles. The number of unbranched alkanes of at least 4 members (excludes halogenated alkanes) is 1. The minimum Gasteiger partial charge on any atom is -0.507 e. The molecule has 0 radical (unpaired) electrons. The third kappa shape index (κ3) is 4.97. The number of carbonyl (C=O) groups is 2. The lowest BCUT2D eigenvalue weighted by molar-refractivity contribution is 0.0597. The Labute approximate surface area is 146 Å². The highest BCUT2D eigenvalue weighted by Gasteiger charge is 2.14. The maximum atomic E-state index is 12.1.